The van der Waals surface area contributed by atoms with Crippen molar-refractivity contribution >= 4 is 23.9 Å². The van der Waals surface area contributed by atoms with Gasteiger partial charge in [-0.05, 0) is 36.4 Å². The first kappa shape index (κ1) is 28.5. The van der Waals surface area contributed by atoms with Crippen LogP contribution in [0.1, 0.15) is 38.0 Å². The van der Waals surface area contributed by atoms with Gasteiger partial charge in [-0.1, -0.05) is 54.6 Å². The number of carbonyl (C=O) groups excluding carboxylic acids is 4. The Kier molecular flexibility index (Phi) is 9.61. The molecule has 0 spiro atoms. The predicted octanol–water partition coefficient (Wildman–Crippen LogP) is 3.60. The smallest absolute Gasteiger partial charge is 0.338 e. The third-order valence-electron chi connectivity index (χ3n) is 6.03. The Morgan fingerprint density at radius 3 is 1.43 bits per heavy atom. The molecule has 0 saturated carbocycles. The fourth-order valence-electron chi connectivity index (χ4n) is 4.10. The Labute approximate surface area is 230 Å². The zero-order chi connectivity index (χ0) is 28.5. The Hall–Kier alpha value is -4.54. The van der Waals surface area contributed by atoms with Gasteiger partial charge in [0, 0.05) is 14.0 Å². The topological polar surface area (TPSA) is 124 Å². The van der Waals surface area contributed by atoms with E-state index in [0.717, 1.165) is 0 Å². The van der Waals surface area contributed by atoms with Gasteiger partial charge in [-0.2, -0.15) is 0 Å². The molecular formula is C30H28O10. The molecule has 0 aliphatic carbocycles. The van der Waals surface area contributed by atoms with E-state index in [-0.39, 0.29) is 23.3 Å². The van der Waals surface area contributed by atoms with Gasteiger partial charge in [-0.3, -0.25) is 4.79 Å². The summed E-state index contributed by atoms with van der Waals surface area (Å²) in [4.78, 5) is 51.0. The average Bonchev–Trinajstić information content (AvgIpc) is 2.99. The highest BCUT2D eigenvalue weighted by molar-refractivity contribution is 5.91. The predicted molar refractivity (Wildman–Crippen MR) is 139 cm³/mol. The first-order valence-corrected chi connectivity index (χ1v) is 12.5. The summed E-state index contributed by atoms with van der Waals surface area (Å²) < 4.78 is 34.0. The highest BCUT2D eigenvalue weighted by atomic mass is 16.7. The maximum Gasteiger partial charge on any atom is 0.338 e. The Morgan fingerprint density at radius 2 is 1.02 bits per heavy atom. The van der Waals surface area contributed by atoms with E-state index >= 15 is 0 Å². The first-order valence-electron chi connectivity index (χ1n) is 12.5. The molecule has 4 rings (SSSR count). The summed E-state index contributed by atoms with van der Waals surface area (Å²) in [5, 5.41) is 0. The van der Waals surface area contributed by atoms with Gasteiger partial charge in [0.15, 0.2) is 24.6 Å². The quantitative estimate of drug-likeness (QED) is 0.289. The molecule has 0 N–H and O–H groups in total. The van der Waals surface area contributed by atoms with Gasteiger partial charge in [0.1, 0.15) is 12.7 Å². The van der Waals surface area contributed by atoms with E-state index < -0.39 is 54.6 Å². The van der Waals surface area contributed by atoms with Gasteiger partial charge < -0.3 is 28.4 Å². The van der Waals surface area contributed by atoms with Crippen molar-refractivity contribution < 1.29 is 47.6 Å². The summed E-state index contributed by atoms with van der Waals surface area (Å²) >= 11 is 0. The minimum Gasteiger partial charge on any atom is -0.463 e. The van der Waals surface area contributed by atoms with Crippen LogP contribution in [0.2, 0.25) is 0 Å². The van der Waals surface area contributed by atoms with Gasteiger partial charge >= 0.3 is 23.9 Å². The molecule has 1 aliphatic heterocycles. The summed E-state index contributed by atoms with van der Waals surface area (Å²) in [7, 11) is 1.31. The van der Waals surface area contributed by atoms with Crippen molar-refractivity contribution in [1.29, 1.82) is 0 Å². The average molecular weight is 549 g/mol. The second-order valence-corrected chi connectivity index (χ2v) is 8.79. The largest absolute Gasteiger partial charge is 0.463 e. The van der Waals surface area contributed by atoms with E-state index in [0.29, 0.717) is 0 Å². The number of esters is 4. The van der Waals surface area contributed by atoms with Crippen LogP contribution < -0.4 is 0 Å². The van der Waals surface area contributed by atoms with Crippen molar-refractivity contribution in [3.63, 3.8) is 0 Å². The molecule has 1 saturated heterocycles. The SMILES string of the molecule is CO[C@H]1OC(COC(C)=O)[C@@H](OC(=O)c2ccccc2)C(OC(=O)c2ccccc2)C1OC(=O)c1ccccc1. The fraction of sp³-hybridized carbons (Fsp3) is 0.267. The lowest BCUT2D eigenvalue weighted by atomic mass is 9.97. The highest BCUT2D eigenvalue weighted by Crippen LogP contribution is 2.31. The third kappa shape index (κ3) is 7.10. The number of hydrogen-bond donors (Lipinski definition) is 0. The minimum absolute atomic E-state index is 0.209. The van der Waals surface area contributed by atoms with Crippen LogP contribution in [0.5, 0.6) is 0 Å². The van der Waals surface area contributed by atoms with Crippen LogP contribution in [-0.2, 0) is 33.2 Å². The summed E-state index contributed by atoms with van der Waals surface area (Å²) in [6.07, 6.45) is -6.55. The number of carbonyl (C=O) groups is 4. The maximum absolute atomic E-state index is 13.2. The lowest BCUT2D eigenvalue weighted by molar-refractivity contribution is -0.292. The van der Waals surface area contributed by atoms with Crippen LogP contribution >= 0.6 is 0 Å². The summed E-state index contributed by atoms with van der Waals surface area (Å²) in [5.41, 5.74) is 0.652. The molecule has 1 fully saturated rings. The zero-order valence-electron chi connectivity index (χ0n) is 21.8. The zero-order valence-corrected chi connectivity index (χ0v) is 21.8. The van der Waals surface area contributed by atoms with Crippen molar-refractivity contribution in [2.24, 2.45) is 0 Å². The number of ether oxygens (including phenoxy) is 6. The highest BCUT2D eigenvalue weighted by Gasteiger charge is 2.53. The van der Waals surface area contributed by atoms with Crippen LogP contribution in [0.3, 0.4) is 0 Å². The number of rotatable bonds is 9. The summed E-state index contributed by atoms with van der Waals surface area (Å²) in [6, 6.07) is 24.4. The molecule has 3 aromatic rings. The molecule has 0 amide bonds. The van der Waals surface area contributed by atoms with Crippen molar-refractivity contribution in [2.45, 2.75) is 37.6 Å². The van der Waals surface area contributed by atoms with Crippen LogP contribution in [0.25, 0.3) is 0 Å². The molecular weight excluding hydrogens is 520 g/mol. The molecule has 3 unspecified atom stereocenters. The Morgan fingerprint density at radius 1 is 0.625 bits per heavy atom. The number of benzene rings is 3. The lowest BCUT2D eigenvalue weighted by Gasteiger charge is -2.43. The molecule has 1 heterocycles. The van der Waals surface area contributed by atoms with Gasteiger partial charge in [0.2, 0.25) is 0 Å². The number of hydrogen-bond acceptors (Lipinski definition) is 10. The lowest BCUT2D eigenvalue weighted by Crippen LogP contribution is -2.63. The first-order chi connectivity index (χ1) is 19.4. The normalized spacial score (nSPS) is 22.0. The molecule has 10 heteroatoms. The van der Waals surface area contributed by atoms with Crippen molar-refractivity contribution in [2.75, 3.05) is 13.7 Å². The van der Waals surface area contributed by atoms with E-state index in [2.05, 4.69) is 0 Å². The Bertz CT molecular complexity index is 1300. The monoisotopic (exact) mass is 548 g/mol. The molecule has 1 aliphatic rings. The van der Waals surface area contributed by atoms with Gasteiger partial charge in [-0.25, -0.2) is 14.4 Å². The van der Waals surface area contributed by atoms with Crippen molar-refractivity contribution in [1.82, 2.24) is 0 Å². The van der Waals surface area contributed by atoms with E-state index in [9.17, 15) is 19.2 Å². The van der Waals surface area contributed by atoms with E-state index in [1.807, 2.05) is 0 Å². The summed E-state index contributed by atoms with van der Waals surface area (Å²) in [6.45, 7) is 0.847. The fourth-order valence-corrected chi connectivity index (χ4v) is 4.10. The van der Waals surface area contributed by atoms with Crippen molar-refractivity contribution in [3.8, 4) is 0 Å². The second kappa shape index (κ2) is 13.5. The molecule has 0 radical (unpaired) electrons. The van der Waals surface area contributed by atoms with E-state index in [1.54, 1.807) is 91.0 Å². The van der Waals surface area contributed by atoms with E-state index in [1.165, 1.54) is 14.0 Å². The van der Waals surface area contributed by atoms with Crippen LogP contribution in [0, 0.1) is 0 Å². The molecule has 5 atom stereocenters. The molecule has 0 bridgehead atoms. The minimum atomic E-state index is -1.41. The summed E-state index contributed by atoms with van der Waals surface area (Å²) in [5.74, 6) is -2.88. The molecule has 40 heavy (non-hydrogen) atoms. The third-order valence-corrected chi connectivity index (χ3v) is 6.03. The van der Waals surface area contributed by atoms with Crippen LogP contribution in [-0.4, -0.2) is 68.3 Å². The van der Waals surface area contributed by atoms with E-state index in [4.69, 9.17) is 28.4 Å². The van der Waals surface area contributed by atoms with Crippen LogP contribution in [0.15, 0.2) is 91.0 Å². The number of methoxy groups -OCH3 is 1. The van der Waals surface area contributed by atoms with Crippen LogP contribution in [0.4, 0.5) is 0 Å². The Balaban J connectivity index is 1.72. The van der Waals surface area contributed by atoms with Gasteiger partial charge in [-0.15, -0.1) is 0 Å². The second-order valence-electron chi connectivity index (χ2n) is 8.79. The van der Waals surface area contributed by atoms with Gasteiger partial charge in [0.05, 0.1) is 16.7 Å². The maximum atomic E-state index is 13.2. The standard InChI is InChI=1S/C30H28O10/c1-19(31)36-18-23-24(38-27(32)20-12-6-3-7-13-20)25(39-28(33)21-14-8-4-9-15-21)26(30(35-2)37-23)40-29(34)22-16-10-5-11-17-22/h3-17,23-26,30H,18H2,1-2H3/t23?,24-,25?,26?,30+/m1/s1. The molecule has 208 valence electrons. The van der Waals surface area contributed by atoms with Gasteiger partial charge in [0.25, 0.3) is 0 Å². The molecule has 0 aromatic heterocycles. The molecule has 10 nitrogen and oxygen atoms in total. The molecule has 3 aromatic carbocycles. The van der Waals surface area contributed by atoms with Crippen molar-refractivity contribution in [3.05, 3.63) is 108 Å².